The van der Waals surface area contributed by atoms with Crippen LogP contribution in [0.4, 0.5) is 0 Å². The number of Topliss-reactive ketones (excluding diaryl/α,β-unsaturated/α-hetero) is 1. The number of hydrogen-bond donors (Lipinski definition) is 0. The Balaban J connectivity index is 1.50. The third kappa shape index (κ3) is 3.40. The van der Waals surface area contributed by atoms with Gasteiger partial charge in [-0.05, 0) is 37.5 Å². The van der Waals surface area contributed by atoms with E-state index in [1.54, 1.807) is 18.2 Å². The lowest BCUT2D eigenvalue weighted by Crippen LogP contribution is -2.27. The van der Waals surface area contributed by atoms with E-state index in [0.29, 0.717) is 49.5 Å². The van der Waals surface area contributed by atoms with E-state index in [1.165, 1.54) is 0 Å². The average molecular weight is 303 g/mol. The van der Waals surface area contributed by atoms with E-state index in [-0.39, 0.29) is 11.7 Å². The molecule has 1 aromatic rings. The first-order chi connectivity index (χ1) is 10.7. The second kappa shape index (κ2) is 6.81. The molecule has 0 aromatic heterocycles. The lowest BCUT2D eigenvalue weighted by Gasteiger charge is -2.18. The highest BCUT2D eigenvalue weighted by Crippen LogP contribution is 2.31. The molecule has 5 nitrogen and oxygen atoms in total. The highest BCUT2D eigenvalue weighted by atomic mass is 16.6. The highest BCUT2D eigenvalue weighted by Gasteiger charge is 2.18. The van der Waals surface area contributed by atoms with Crippen LogP contribution in [-0.2, 0) is 4.79 Å². The number of nitrogens with zero attached hydrogens (tertiary/aromatic N) is 1. The van der Waals surface area contributed by atoms with E-state index in [0.717, 1.165) is 25.9 Å². The number of carbonyl (C=O) groups is 2. The van der Waals surface area contributed by atoms with Gasteiger partial charge in [-0.2, -0.15) is 0 Å². The molecule has 1 fully saturated rings. The number of hydrogen-bond acceptors (Lipinski definition) is 4. The van der Waals surface area contributed by atoms with Gasteiger partial charge in [0.1, 0.15) is 13.2 Å². The van der Waals surface area contributed by atoms with E-state index in [9.17, 15) is 9.59 Å². The summed E-state index contributed by atoms with van der Waals surface area (Å²) in [7, 11) is 0. The molecule has 2 aliphatic heterocycles. The van der Waals surface area contributed by atoms with Crippen LogP contribution in [0.2, 0.25) is 0 Å². The monoisotopic (exact) mass is 303 g/mol. The van der Waals surface area contributed by atoms with Crippen molar-refractivity contribution in [2.75, 3.05) is 26.3 Å². The van der Waals surface area contributed by atoms with Crippen molar-refractivity contribution in [3.8, 4) is 11.5 Å². The van der Waals surface area contributed by atoms with Crippen LogP contribution in [0.3, 0.4) is 0 Å². The fourth-order valence-corrected chi connectivity index (χ4v) is 2.89. The van der Waals surface area contributed by atoms with Gasteiger partial charge in [-0.25, -0.2) is 0 Å². The van der Waals surface area contributed by atoms with Crippen molar-refractivity contribution in [3.63, 3.8) is 0 Å². The predicted molar refractivity (Wildman–Crippen MR) is 81.4 cm³/mol. The molecule has 0 atom stereocenters. The summed E-state index contributed by atoms with van der Waals surface area (Å²) >= 11 is 0. The third-order valence-electron chi connectivity index (χ3n) is 4.12. The lowest BCUT2D eigenvalue weighted by atomic mass is 10.0. The second-order valence-electron chi connectivity index (χ2n) is 5.72. The van der Waals surface area contributed by atoms with Crippen LogP contribution in [0.1, 0.15) is 42.5 Å². The molecule has 0 spiro atoms. The Morgan fingerprint density at radius 3 is 2.50 bits per heavy atom. The minimum atomic E-state index is 0.0474. The predicted octanol–water partition coefficient (Wildman–Crippen LogP) is 2.43. The molecule has 0 aliphatic carbocycles. The van der Waals surface area contributed by atoms with Crippen molar-refractivity contribution in [2.24, 2.45) is 0 Å². The van der Waals surface area contributed by atoms with Crippen LogP contribution >= 0.6 is 0 Å². The summed E-state index contributed by atoms with van der Waals surface area (Å²) in [5.74, 6) is 1.54. The van der Waals surface area contributed by atoms with Crippen LogP contribution < -0.4 is 9.47 Å². The van der Waals surface area contributed by atoms with Gasteiger partial charge in [0, 0.05) is 31.5 Å². The maximum Gasteiger partial charge on any atom is 0.222 e. The second-order valence-corrected chi connectivity index (χ2v) is 5.72. The molecule has 0 radical (unpaired) electrons. The molecule has 5 heteroatoms. The third-order valence-corrected chi connectivity index (χ3v) is 4.12. The molecule has 1 aromatic carbocycles. The number of ether oxygens (including phenoxy) is 2. The molecule has 118 valence electrons. The number of benzene rings is 1. The quantitative estimate of drug-likeness (QED) is 0.784. The van der Waals surface area contributed by atoms with Gasteiger partial charge in [-0.3, -0.25) is 9.59 Å². The van der Waals surface area contributed by atoms with Gasteiger partial charge in [0.2, 0.25) is 5.91 Å². The number of ketones is 1. The number of carbonyl (C=O) groups excluding carboxylic acids is 2. The van der Waals surface area contributed by atoms with Crippen LogP contribution in [0.25, 0.3) is 0 Å². The van der Waals surface area contributed by atoms with Gasteiger partial charge in [0.15, 0.2) is 17.3 Å². The summed E-state index contributed by atoms with van der Waals surface area (Å²) in [4.78, 5) is 26.0. The Hall–Kier alpha value is -2.04. The average Bonchev–Trinajstić information content (AvgIpc) is 3.08. The molecule has 1 amide bonds. The fraction of sp³-hybridized carbons (Fsp3) is 0.529. The van der Waals surface area contributed by atoms with Crippen LogP contribution in [0.5, 0.6) is 11.5 Å². The topological polar surface area (TPSA) is 55.8 Å². The molecule has 0 saturated carbocycles. The summed E-state index contributed by atoms with van der Waals surface area (Å²) in [5.41, 5.74) is 0.623. The molecule has 2 heterocycles. The standard InChI is InChI=1S/C17H21NO4/c19-14(4-3-5-17(20)18-8-1-2-9-18)13-6-7-15-16(12-13)22-11-10-21-15/h6-7,12H,1-5,8-11H2. The Kier molecular flexibility index (Phi) is 4.61. The summed E-state index contributed by atoms with van der Waals surface area (Å²) in [6.45, 7) is 2.79. The maximum atomic E-state index is 12.2. The molecule has 0 unspecified atom stereocenters. The summed E-state index contributed by atoms with van der Waals surface area (Å²) in [6, 6.07) is 5.27. The molecule has 1 saturated heterocycles. The van der Waals surface area contributed by atoms with Gasteiger partial charge in [0.05, 0.1) is 0 Å². The van der Waals surface area contributed by atoms with Gasteiger partial charge >= 0.3 is 0 Å². The largest absolute Gasteiger partial charge is 0.486 e. The summed E-state index contributed by atoms with van der Waals surface area (Å²) < 4.78 is 10.9. The van der Waals surface area contributed by atoms with Crippen molar-refractivity contribution in [1.29, 1.82) is 0 Å². The summed E-state index contributed by atoms with van der Waals surface area (Å²) in [5, 5.41) is 0. The Morgan fingerprint density at radius 2 is 1.73 bits per heavy atom. The molecule has 0 bridgehead atoms. The minimum absolute atomic E-state index is 0.0474. The SMILES string of the molecule is O=C(CCCC(=O)N1CCCC1)c1ccc2c(c1)OCCO2. The molecule has 3 rings (SSSR count). The number of rotatable bonds is 5. The van der Waals surface area contributed by atoms with Crippen LogP contribution in [-0.4, -0.2) is 42.9 Å². The van der Waals surface area contributed by atoms with Crippen molar-refractivity contribution in [2.45, 2.75) is 32.1 Å². The first-order valence-corrected chi connectivity index (χ1v) is 7.95. The molecule has 2 aliphatic rings. The van der Waals surface area contributed by atoms with Crippen LogP contribution in [0.15, 0.2) is 18.2 Å². The molecule has 22 heavy (non-hydrogen) atoms. The minimum Gasteiger partial charge on any atom is -0.486 e. The Labute approximate surface area is 130 Å². The van der Waals surface area contributed by atoms with E-state index in [1.807, 2.05) is 4.90 Å². The molecular formula is C17H21NO4. The normalized spacial score (nSPS) is 16.6. The first kappa shape index (κ1) is 14.9. The van der Waals surface area contributed by atoms with Crippen molar-refractivity contribution >= 4 is 11.7 Å². The Bertz CT molecular complexity index is 564. The molecular weight excluding hydrogens is 282 g/mol. The van der Waals surface area contributed by atoms with E-state index >= 15 is 0 Å². The first-order valence-electron chi connectivity index (χ1n) is 7.95. The number of likely N-dealkylation sites (tertiary alicyclic amines) is 1. The number of fused-ring (bicyclic) bond motifs is 1. The zero-order chi connectivity index (χ0) is 15.4. The van der Waals surface area contributed by atoms with Gasteiger partial charge in [0.25, 0.3) is 0 Å². The fourth-order valence-electron chi connectivity index (χ4n) is 2.89. The molecule has 0 N–H and O–H groups in total. The van der Waals surface area contributed by atoms with E-state index in [4.69, 9.17) is 9.47 Å². The van der Waals surface area contributed by atoms with Crippen LogP contribution in [0, 0.1) is 0 Å². The summed E-state index contributed by atoms with van der Waals surface area (Å²) in [6.07, 6.45) is 3.64. The zero-order valence-corrected chi connectivity index (χ0v) is 12.7. The van der Waals surface area contributed by atoms with E-state index < -0.39 is 0 Å². The van der Waals surface area contributed by atoms with Gasteiger partial charge in [-0.1, -0.05) is 0 Å². The highest BCUT2D eigenvalue weighted by molar-refractivity contribution is 5.96. The lowest BCUT2D eigenvalue weighted by molar-refractivity contribution is -0.130. The van der Waals surface area contributed by atoms with Gasteiger partial charge < -0.3 is 14.4 Å². The number of amides is 1. The van der Waals surface area contributed by atoms with Crippen molar-refractivity contribution < 1.29 is 19.1 Å². The maximum absolute atomic E-state index is 12.2. The zero-order valence-electron chi connectivity index (χ0n) is 12.7. The smallest absolute Gasteiger partial charge is 0.222 e. The Morgan fingerprint density at radius 1 is 1.00 bits per heavy atom. The van der Waals surface area contributed by atoms with E-state index in [2.05, 4.69) is 0 Å². The van der Waals surface area contributed by atoms with Crippen molar-refractivity contribution in [1.82, 2.24) is 4.90 Å². The van der Waals surface area contributed by atoms with Gasteiger partial charge in [-0.15, -0.1) is 0 Å². The van der Waals surface area contributed by atoms with Crippen molar-refractivity contribution in [3.05, 3.63) is 23.8 Å².